The number of rotatable bonds is 3. The second kappa shape index (κ2) is 6.30. The lowest BCUT2D eigenvalue weighted by molar-refractivity contribution is 0.0827. The van der Waals surface area contributed by atoms with Gasteiger partial charge in [-0.3, -0.25) is 4.79 Å². The Bertz CT molecular complexity index is 689. The van der Waals surface area contributed by atoms with E-state index in [4.69, 9.17) is 5.73 Å². The fraction of sp³-hybridized carbons (Fsp3) is 0.133. The second-order valence-electron chi connectivity index (χ2n) is 4.75. The molecule has 0 spiro atoms. The van der Waals surface area contributed by atoms with Crippen molar-refractivity contribution >= 4 is 45.6 Å². The number of nitrogens with zero attached hydrogens (tertiary/aromatic N) is 1. The van der Waals surface area contributed by atoms with Gasteiger partial charge in [0.1, 0.15) is 5.82 Å². The maximum atomic E-state index is 13.1. The first-order valence-electron chi connectivity index (χ1n) is 6.21. The Kier molecular flexibility index (Phi) is 4.66. The topological polar surface area (TPSA) is 58.4 Å². The van der Waals surface area contributed by atoms with Crippen LogP contribution in [-0.2, 0) is 0 Å². The van der Waals surface area contributed by atoms with E-state index in [1.165, 1.54) is 17.0 Å². The van der Waals surface area contributed by atoms with Gasteiger partial charge in [-0.15, -0.1) is 0 Å². The molecule has 0 unspecified atom stereocenters. The molecule has 0 bridgehead atoms. The van der Waals surface area contributed by atoms with Crippen molar-refractivity contribution in [2.75, 3.05) is 25.1 Å². The predicted molar refractivity (Wildman–Crippen MR) is 91.3 cm³/mol. The van der Waals surface area contributed by atoms with Gasteiger partial charge in [0.2, 0.25) is 0 Å². The summed E-state index contributed by atoms with van der Waals surface area (Å²) in [6, 6.07) is 9.53. The highest BCUT2D eigenvalue weighted by Crippen LogP contribution is 2.27. The summed E-state index contributed by atoms with van der Waals surface area (Å²) in [5, 5.41) is 3.14. The fourth-order valence-corrected chi connectivity index (χ4v) is 2.42. The monoisotopic (exact) mass is 399 g/mol. The number of hydrogen-bond donors (Lipinski definition) is 2. The Balaban J connectivity index is 2.27. The highest BCUT2D eigenvalue weighted by molar-refractivity contribution is 14.1. The van der Waals surface area contributed by atoms with Gasteiger partial charge in [0.15, 0.2) is 0 Å². The van der Waals surface area contributed by atoms with Crippen LogP contribution in [0.5, 0.6) is 0 Å². The van der Waals surface area contributed by atoms with Crippen molar-refractivity contribution in [2.45, 2.75) is 0 Å². The van der Waals surface area contributed by atoms with Crippen LogP contribution < -0.4 is 11.1 Å². The largest absolute Gasteiger partial charge is 0.397 e. The number of carbonyl (C=O) groups is 1. The molecule has 0 aromatic heterocycles. The SMILES string of the molecule is CN(C)C(=O)c1ccc(Nc2ccc(F)cc2I)c(N)c1. The Morgan fingerprint density at radius 3 is 2.43 bits per heavy atom. The lowest BCUT2D eigenvalue weighted by atomic mass is 10.1. The minimum absolute atomic E-state index is 0.107. The molecule has 0 fully saturated rings. The Morgan fingerprint density at radius 2 is 1.86 bits per heavy atom. The first-order valence-corrected chi connectivity index (χ1v) is 7.29. The van der Waals surface area contributed by atoms with Gasteiger partial charge in [0.05, 0.1) is 17.1 Å². The molecule has 2 rings (SSSR count). The zero-order chi connectivity index (χ0) is 15.6. The van der Waals surface area contributed by atoms with Crippen LogP contribution in [0.25, 0.3) is 0 Å². The van der Waals surface area contributed by atoms with Gasteiger partial charge in [0.25, 0.3) is 5.91 Å². The molecule has 0 aliphatic carbocycles. The van der Waals surface area contributed by atoms with E-state index >= 15 is 0 Å². The van der Waals surface area contributed by atoms with E-state index in [1.807, 2.05) is 22.6 Å². The molecule has 110 valence electrons. The van der Waals surface area contributed by atoms with Gasteiger partial charge in [-0.05, 0) is 59.0 Å². The summed E-state index contributed by atoms with van der Waals surface area (Å²) in [6.07, 6.45) is 0. The average Bonchev–Trinajstić information content (AvgIpc) is 2.42. The van der Waals surface area contributed by atoms with Gasteiger partial charge in [-0.1, -0.05) is 0 Å². The van der Waals surface area contributed by atoms with Crippen molar-refractivity contribution in [3.63, 3.8) is 0 Å². The Labute approximate surface area is 136 Å². The molecule has 2 aromatic rings. The summed E-state index contributed by atoms with van der Waals surface area (Å²) in [5.74, 6) is -0.394. The van der Waals surface area contributed by atoms with Crippen molar-refractivity contribution in [2.24, 2.45) is 0 Å². The van der Waals surface area contributed by atoms with Gasteiger partial charge in [0, 0.05) is 23.2 Å². The number of halogens is 2. The summed E-state index contributed by atoms with van der Waals surface area (Å²) in [6.45, 7) is 0. The molecule has 1 amide bonds. The Hall–Kier alpha value is -1.83. The van der Waals surface area contributed by atoms with Gasteiger partial charge in [-0.2, -0.15) is 0 Å². The number of benzene rings is 2. The van der Waals surface area contributed by atoms with Gasteiger partial charge < -0.3 is 16.0 Å². The third-order valence-electron chi connectivity index (χ3n) is 2.91. The summed E-state index contributed by atoms with van der Waals surface area (Å²) in [7, 11) is 3.37. The van der Waals surface area contributed by atoms with E-state index in [2.05, 4.69) is 5.32 Å². The Morgan fingerprint density at radius 1 is 1.19 bits per heavy atom. The van der Waals surface area contributed by atoms with Crippen LogP contribution in [0, 0.1) is 9.39 Å². The van der Waals surface area contributed by atoms with Gasteiger partial charge >= 0.3 is 0 Å². The standard InChI is InChI=1S/C15H15FIN3O/c1-20(2)15(21)9-3-5-14(12(18)7-9)19-13-6-4-10(16)8-11(13)17/h3-8,19H,18H2,1-2H3. The fourth-order valence-electron chi connectivity index (χ4n) is 1.80. The van der Waals surface area contributed by atoms with Crippen LogP contribution in [0.2, 0.25) is 0 Å². The van der Waals surface area contributed by atoms with Crippen LogP contribution in [0.1, 0.15) is 10.4 Å². The maximum Gasteiger partial charge on any atom is 0.253 e. The van der Waals surface area contributed by atoms with Crippen LogP contribution in [0.4, 0.5) is 21.5 Å². The lowest BCUT2D eigenvalue weighted by Crippen LogP contribution is -2.21. The zero-order valence-corrected chi connectivity index (χ0v) is 13.8. The van der Waals surface area contributed by atoms with Crippen molar-refractivity contribution < 1.29 is 9.18 Å². The van der Waals surface area contributed by atoms with Crippen LogP contribution in [0.15, 0.2) is 36.4 Å². The van der Waals surface area contributed by atoms with Crippen LogP contribution in [0.3, 0.4) is 0 Å². The number of amides is 1. The van der Waals surface area contributed by atoms with Crippen molar-refractivity contribution in [3.8, 4) is 0 Å². The van der Waals surface area contributed by atoms with E-state index in [9.17, 15) is 9.18 Å². The first kappa shape index (κ1) is 15.6. The molecule has 0 saturated heterocycles. The number of nitrogens with two attached hydrogens (primary N) is 1. The summed E-state index contributed by atoms with van der Waals surface area (Å²) in [5.41, 5.74) is 8.40. The predicted octanol–water partition coefficient (Wildman–Crippen LogP) is 3.46. The molecule has 6 heteroatoms. The molecule has 0 heterocycles. The minimum atomic E-state index is -0.287. The first-order chi connectivity index (χ1) is 9.88. The summed E-state index contributed by atoms with van der Waals surface area (Å²) >= 11 is 2.05. The summed E-state index contributed by atoms with van der Waals surface area (Å²) < 4.78 is 13.8. The van der Waals surface area contributed by atoms with E-state index < -0.39 is 0 Å². The van der Waals surface area contributed by atoms with Crippen molar-refractivity contribution in [1.29, 1.82) is 0 Å². The highest BCUT2D eigenvalue weighted by atomic mass is 127. The second-order valence-corrected chi connectivity index (χ2v) is 5.91. The highest BCUT2D eigenvalue weighted by Gasteiger charge is 2.11. The zero-order valence-electron chi connectivity index (χ0n) is 11.7. The molecular weight excluding hydrogens is 384 g/mol. The molecule has 0 aliphatic rings. The van der Waals surface area contributed by atoms with Gasteiger partial charge in [-0.25, -0.2) is 4.39 Å². The van der Waals surface area contributed by atoms with Crippen molar-refractivity contribution in [3.05, 3.63) is 51.3 Å². The number of anilines is 3. The minimum Gasteiger partial charge on any atom is -0.397 e. The molecular formula is C15H15FIN3O. The van der Waals surface area contributed by atoms with E-state index in [1.54, 1.807) is 38.4 Å². The quantitative estimate of drug-likeness (QED) is 0.614. The summed E-state index contributed by atoms with van der Waals surface area (Å²) in [4.78, 5) is 13.4. The lowest BCUT2D eigenvalue weighted by Gasteiger charge is -2.14. The smallest absolute Gasteiger partial charge is 0.253 e. The number of hydrogen-bond acceptors (Lipinski definition) is 3. The van der Waals surface area contributed by atoms with Crippen LogP contribution in [-0.4, -0.2) is 24.9 Å². The molecule has 2 aromatic carbocycles. The molecule has 3 N–H and O–H groups in total. The van der Waals surface area contributed by atoms with E-state index in [0.29, 0.717) is 16.9 Å². The van der Waals surface area contributed by atoms with E-state index in [0.717, 1.165) is 9.26 Å². The maximum absolute atomic E-state index is 13.1. The number of carbonyl (C=O) groups excluding carboxylic acids is 1. The average molecular weight is 399 g/mol. The third kappa shape index (κ3) is 3.63. The van der Waals surface area contributed by atoms with E-state index in [-0.39, 0.29) is 11.7 Å². The third-order valence-corrected chi connectivity index (χ3v) is 3.80. The number of nitrogens with one attached hydrogen (secondary N) is 1. The normalized spacial score (nSPS) is 10.3. The molecule has 0 atom stereocenters. The number of nitrogen functional groups attached to an aromatic ring is 1. The van der Waals surface area contributed by atoms with Crippen LogP contribution >= 0.6 is 22.6 Å². The molecule has 4 nitrogen and oxygen atoms in total. The molecule has 0 aliphatic heterocycles. The molecule has 0 saturated carbocycles. The molecule has 21 heavy (non-hydrogen) atoms. The van der Waals surface area contributed by atoms with Crippen molar-refractivity contribution in [1.82, 2.24) is 4.90 Å². The molecule has 0 radical (unpaired) electrons.